The molecule has 0 bridgehead atoms. The summed E-state index contributed by atoms with van der Waals surface area (Å²) in [6, 6.07) is 7.55. The number of hydrogen-bond acceptors (Lipinski definition) is 1. The van der Waals surface area contributed by atoms with Gasteiger partial charge in [0.05, 0.1) is 11.1 Å². The molecule has 1 atom stereocenters. The van der Waals surface area contributed by atoms with Gasteiger partial charge in [0.1, 0.15) is 5.75 Å². The molecule has 1 unspecified atom stereocenters. The van der Waals surface area contributed by atoms with Gasteiger partial charge in [-0.15, -0.1) is 0 Å². The van der Waals surface area contributed by atoms with Crippen molar-refractivity contribution in [3.8, 4) is 5.75 Å². The second kappa shape index (κ2) is 4.52. The van der Waals surface area contributed by atoms with E-state index in [0.29, 0.717) is 10.9 Å². The van der Waals surface area contributed by atoms with E-state index in [4.69, 9.17) is 16.3 Å². The van der Waals surface area contributed by atoms with Crippen LogP contribution in [0.4, 0.5) is 0 Å². The molecule has 0 spiro atoms. The highest BCUT2D eigenvalue weighted by atomic mass is 35.5. The smallest absolute Gasteiger partial charge is 0.138 e. The largest absolute Gasteiger partial charge is 0.489 e. The molecule has 1 aromatic carbocycles. The van der Waals surface area contributed by atoms with E-state index in [1.807, 2.05) is 31.2 Å². The summed E-state index contributed by atoms with van der Waals surface area (Å²) in [6.45, 7) is 6.30. The Kier molecular flexibility index (Phi) is 3.61. The van der Waals surface area contributed by atoms with Gasteiger partial charge in [-0.1, -0.05) is 37.6 Å². The molecule has 0 N–H and O–H groups in total. The molecule has 0 radical (unpaired) electrons. The number of halogens is 1. The first-order valence-corrected chi connectivity index (χ1v) is 4.90. The van der Waals surface area contributed by atoms with E-state index in [2.05, 4.69) is 13.8 Å². The van der Waals surface area contributed by atoms with Gasteiger partial charge >= 0.3 is 0 Å². The van der Waals surface area contributed by atoms with Crippen LogP contribution in [0.1, 0.15) is 20.8 Å². The monoisotopic (exact) mass is 198 g/mol. The van der Waals surface area contributed by atoms with Gasteiger partial charge in [-0.2, -0.15) is 0 Å². The Labute approximate surface area is 84.7 Å². The van der Waals surface area contributed by atoms with Crippen LogP contribution in [-0.4, -0.2) is 6.10 Å². The average Bonchev–Trinajstić information content (AvgIpc) is 2.08. The molecule has 1 aromatic rings. The molecule has 72 valence electrons. The maximum absolute atomic E-state index is 5.95. The van der Waals surface area contributed by atoms with Crippen molar-refractivity contribution in [3.63, 3.8) is 0 Å². The molecule has 2 heteroatoms. The number of ether oxygens (including phenoxy) is 1. The van der Waals surface area contributed by atoms with Gasteiger partial charge in [-0.3, -0.25) is 0 Å². The molecule has 0 amide bonds. The van der Waals surface area contributed by atoms with Gasteiger partial charge < -0.3 is 4.74 Å². The van der Waals surface area contributed by atoms with Crippen molar-refractivity contribution < 1.29 is 4.74 Å². The van der Waals surface area contributed by atoms with Gasteiger partial charge in [-0.05, 0) is 25.0 Å². The van der Waals surface area contributed by atoms with Gasteiger partial charge in [0.15, 0.2) is 0 Å². The van der Waals surface area contributed by atoms with Crippen LogP contribution in [0.2, 0.25) is 5.02 Å². The van der Waals surface area contributed by atoms with Crippen molar-refractivity contribution >= 4 is 11.6 Å². The number of benzene rings is 1. The van der Waals surface area contributed by atoms with Gasteiger partial charge in [0.25, 0.3) is 0 Å². The summed E-state index contributed by atoms with van der Waals surface area (Å²) >= 11 is 5.95. The molecule has 1 nitrogen and oxygen atoms in total. The van der Waals surface area contributed by atoms with Crippen LogP contribution in [-0.2, 0) is 0 Å². The Hall–Kier alpha value is -0.690. The van der Waals surface area contributed by atoms with Crippen LogP contribution in [0.5, 0.6) is 5.75 Å². The highest BCUT2D eigenvalue weighted by Gasteiger charge is 2.09. The fourth-order valence-electron chi connectivity index (χ4n) is 0.877. The van der Waals surface area contributed by atoms with E-state index in [0.717, 1.165) is 5.75 Å². The third-order valence-corrected chi connectivity index (χ3v) is 2.40. The quantitative estimate of drug-likeness (QED) is 0.719. The average molecular weight is 199 g/mol. The van der Waals surface area contributed by atoms with Crippen LogP contribution >= 0.6 is 11.6 Å². The first-order valence-electron chi connectivity index (χ1n) is 4.52. The lowest BCUT2D eigenvalue weighted by atomic mass is 10.1. The van der Waals surface area contributed by atoms with Gasteiger partial charge in [0, 0.05) is 0 Å². The van der Waals surface area contributed by atoms with E-state index in [-0.39, 0.29) is 6.10 Å². The normalized spacial score (nSPS) is 13.0. The Balaban J connectivity index is 2.69. The minimum Gasteiger partial charge on any atom is -0.489 e. The fraction of sp³-hybridized carbons (Fsp3) is 0.455. The molecule has 1 rings (SSSR count). The second-order valence-electron chi connectivity index (χ2n) is 3.50. The van der Waals surface area contributed by atoms with E-state index < -0.39 is 0 Å². The maximum Gasteiger partial charge on any atom is 0.138 e. The van der Waals surface area contributed by atoms with Crippen molar-refractivity contribution in [1.82, 2.24) is 0 Å². The van der Waals surface area contributed by atoms with E-state index in [9.17, 15) is 0 Å². The molecule has 0 aliphatic carbocycles. The molecule has 0 aliphatic heterocycles. The zero-order valence-corrected chi connectivity index (χ0v) is 9.01. The summed E-state index contributed by atoms with van der Waals surface area (Å²) in [6.07, 6.45) is 0.194. The Bertz CT molecular complexity index is 271. The summed E-state index contributed by atoms with van der Waals surface area (Å²) in [4.78, 5) is 0. The molecule has 0 saturated heterocycles. The molecule has 0 aromatic heterocycles. The molecular weight excluding hydrogens is 184 g/mol. The highest BCUT2D eigenvalue weighted by molar-refractivity contribution is 6.32. The zero-order valence-electron chi connectivity index (χ0n) is 8.25. The maximum atomic E-state index is 5.95. The van der Waals surface area contributed by atoms with E-state index in [1.165, 1.54) is 0 Å². The predicted molar refractivity (Wildman–Crippen MR) is 56.4 cm³/mol. The summed E-state index contributed by atoms with van der Waals surface area (Å²) in [7, 11) is 0. The predicted octanol–water partition coefficient (Wildman–Crippen LogP) is 3.76. The van der Waals surface area contributed by atoms with Crippen LogP contribution in [0, 0.1) is 5.92 Å². The van der Waals surface area contributed by atoms with Crippen molar-refractivity contribution in [3.05, 3.63) is 29.3 Å². The van der Waals surface area contributed by atoms with E-state index in [1.54, 1.807) is 0 Å². The van der Waals surface area contributed by atoms with Gasteiger partial charge in [0.2, 0.25) is 0 Å². The van der Waals surface area contributed by atoms with Crippen molar-refractivity contribution in [2.24, 2.45) is 5.92 Å². The number of hydrogen-bond donors (Lipinski definition) is 0. The number of rotatable bonds is 3. The van der Waals surface area contributed by atoms with Crippen molar-refractivity contribution in [2.75, 3.05) is 0 Å². The second-order valence-corrected chi connectivity index (χ2v) is 3.90. The Morgan fingerprint density at radius 2 is 1.77 bits per heavy atom. The molecule has 0 saturated carbocycles. The van der Waals surface area contributed by atoms with Crippen LogP contribution in [0.15, 0.2) is 24.3 Å². The lowest BCUT2D eigenvalue weighted by Crippen LogP contribution is -2.18. The Morgan fingerprint density at radius 1 is 1.15 bits per heavy atom. The first-order chi connectivity index (χ1) is 6.11. The molecule has 13 heavy (non-hydrogen) atoms. The van der Waals surface area contributed by atoms with Crippen molar-refractivity contribution in [1.29, 1.82) is 0 Å². The highest BCUT2D eigenvalue weighted by Crippen LogP contribution is 2.25. The topological polar surface area (TPSA) is 9.23 Å². The van der Waals surface area contributed by atoms with E-state index >= 15 is 0 Å². The van der Waals surface area contributed by atoms with Crippen LogP contribution in [0.3, 0.4) is 0 Å². The van der Waals surface area contributed by atoms with Gasteiger partial charge in [-0.25, -0.2) is 0 Å². The fourth-order valence-corrected chi connectivity index (χ4v) is 1.06. The summed E-state index contributed by atoms with van der Waals surface area (Å²) in [5, 5.41) is 0.676. The lowest BCUT2D eigenvalue weighted by Gasteiger charge is -2.18. The van der Waals surface area contributed by atoms with Crippen LogP contribution in [0.25, 0.3) is 0 Å². The first kappa shape index (κ1) is 10.4. The molecule has 0 fully saturated rings. The van der Waals surface area contributed by atoms with Crippen LogP contribution < -0.4 is 4.74 Å². The third-order valence-electron chi connectivity index (χ3n) is 2.09. The lowest BCUT2D eigenvalue weighted by molar-refractivity contribution is 0.170. The molecule has 0 heterocycles. The molecule has 0 aliphatic rings. The summed E-state index contributed by atoms with van der Waals surface area (Å²) in [5.41, 5.74) is 0. The Morgan fingerprint density at radius 3 is 2.31 bits per heavy atom. The number of para-hydroxylation sites is 1. The standard InChI is InChI=1S/C11H15ClO/c1-8(2)9(3)13-11-7-5-4-6-10(11)12/h4-9H,1-3H3. The minimum atomic E-state index is 0.194. The SMILES string of the molecule is CC(C)C(C)Oc1ccccc1Cl. The zero-order chi connectivity index (χ0) is 9.84. The summed E-state index contributed by atoms with van der Waals surface area (Å²) < 4.78 is 5.67. The molecular formula is C11H15ClO. The summed E-state index contributed by atoms with van der Waals surface area (Å²) in [5.74, 6) is 1.27. The third kappa shape index (κ3) is 2.92. The van der Waals surface area contributed by atoms with Crippen molar-refractivity contribution in [2.45, 2.75) is 26.9 Å². The minimum absolute atomic E-state index is 0.194.